The Labute approximate surface area is 212 Å². The van der Waals surface area contributed by atoms with Gasteiger partial charge in [0.15, 0.2) is 5.78 Å². The van der Waals surface area contributed by atoms with Gasteiger partial charge in [-0.05, 0) is 77.8 Å². The molecule has 178 valence electrons. The van der Waals surface area contributed by atoms with E-state index in [2.05, 4.69) is 60.7 Å². The fourth-order valence-corrected chi connectivity index (χ4v) is 5.99. The lowest BCUT2D eigenvalue weighted by atomic mass is 9.58. The fraction of sp³-hybridized carbons (Fsp3) is 0.206. The molecule has 2 aliphatic rings. The summed E-state index contributed by atoms with van der Waals surface area (Å²) in [4.78, 5) is 13.9. The van der Waals surface area contributed by atoms with E-state index in [-0.39, 0.29) is 11.2 Å². The number of benzene rings is 4. The van der Waals surface area contributed by atoms with Crippen LogP contribution in [0.1, 0.15) is 46.3 Å². The first kappa shape index (κ1) is 22.5. The van der Waals surface area contributed by atoms with Gasteiger partial charge in [-0.25, -0.2) is 0 Å². The third-order valence-electron chi connectivity index (χ3n) is 8.00. The number of carbonyl (C=O) groups excluding carboxylic acids is 1. The van der Waals surface area contributed by atoms with Crippen LogP contribution < -0.4 is 4.74 Å². The van der Waals surface area contributed by atoms with E-state index in [1.807, 2.05) is 42.5 Å². The molecule has 6 rings (SSSR count). The highest BCUT2D eigenvalue weighted by Gasteiger charge is 2.47. The van der Waals surface area contributed by atoms with Gasteiger partial charge < -0.3 is 4.74 Å². The van der Waals surface area contributed by atoms with Crippen molar-refractivity contribution in [3.05, 3.63) is 130 Å². The summed E-state index contributed by atoms with van der Waals surface area (Å²) in [5, 5.41) is 2.61. The molecule has 1 spiro atoms. The van der Waals surface area contributed by atoms with Gasteiger partial charge in [-0.2, -0.15) is 0 Å². The normalized spacial score (nSPS) is 20.2. The van der Waals surface area contributed by atoms with Crippen LogP contribution in [0.4, 0.5) is 0 Å². The average molecular weight is 471 g/mol. The van der Waals surface area contributed by atoms with Crippen molar-refractivity contribution in [1.29, 1.82) is 0 Å². The number of hydrogen-bond donors (Lipinski definition) is 0. The first-order chi connectivity index (χ1) is 17.6. The Hall–Kier alpha value is -3.91. The summed E-state index contributed by atoms with van der Waals surface area (Å²) in [7, 11) is 1.68. The van der Waals surface area contributed by atoms with Crippen molar-refractivity contribution in [2.24, 2.45) is 5.41 Å². The topological polar surface area (TPSA) is 26.3 Å². The zero-order valence-corrected chi connectivity index (χ0v) is 20.7. The number of ketones is 1. The molecule has 4 aromatic carbocycles. The quantitative estimate of drug-likeness (QED) is 0.223. The molecule has 0 radical (unpaired) electrons. The minimum atomic E-state index is -0.0966. The second-order valence-corrected chi connectivity index (χ2v) is 10.2. The molecule has 0 saturated heterocycles. The van der Waals surface area contributed by atoms with Gasteiger partial charge >= 0.3 is 0 Å². The SMILES string of the molecule is COc1ccc(/C=C2/C(=O)c3ccccc3CCC23CC(=CCc2cccc4ccccc24)C3)cc1. The van der Waals surface area contributed by atoms with E-state index < -0.39 is 0 Å². The molecular formula is C34H30O2. The summed E-state index contributed by atoms with van der Waals surface area (Å²) >= 11 is 0. The van der Waals surface area contributed by atoms with Gasteiger partial charge in [0.05, 0.1) is 7.11 Å². The van der Waals surface area contributed by atoms with Crippen LogP contribution in [0.15, 0.2) is 108 Å². The number of hydrogen-bond acceptors (Lipinski definition) is 2. The Morgan fingerprint density at radius 2 is 1.61 bits per heavy atom. The average Bonchev–Trinajstić information content (AvgIpc) is 3.02. The van der Waals surface area contributed by atoms with Crippen LogP contribution in [0.25, 0.3) is 16.8 Å². The maximum absolute atomic E-state index is 13.9. The number of ether oxygens (including phenoxy) is 1. The smallest absolute Gasteiger partial charge is 0.189 e. The Morgan fingerprint density at radius 3 is 2.44 bits per heavy atom. The van der Waals surface area contributed by atoms with Crippen molar-refractivity contribution in [3.8, 4) is 5.75 Å². The minimum Gasteiger partial charge on any atom is -0.497 e. The molecule has 2 nitrogen and oxygen atoms in total. The van der Waals surface area contributed by atoms with Crippen molar-refractivity contribution < 1.29 is 9.53 Å². The van der Waals surface area contributed by atoms with E-state index in [9.17, 15) is 4.79 Å². The predicted octanol–water partition coefficient (Wildman–Crippen LogP) is 8.01. The molecule has 1 saturated carbocycles. The molecule has 36 heavy (non-hydrogen) atoms. The Morgan fingerprint density at radius 1 is 0.861 bits per heavy atom. The van der Waals surface area contributed by atoms with E-state index in [1.54, 1.807) is 7.11 Å². The highest BCUT2D eigenvalue weighted by atomic mass is 16.5. The molecule has 0 atom stereocenters. The van der Waals surface area contributed by atoms with Gasteiger partial charge in [0, 0.05) is 16.6 Å². The Balaban J connectivity index is 1.32. The van der Waals surface area contributed by atoms with E-state index in [0.29, 0.717) is 0 Å². The maximum atomic E-state index is 13.9. The molecular weight excluding hydrogens is 440 g/mol. The largest absolute Gasteiger partial charge is 0.497 e. The molecule has 0 heterocycles. The second-order valence-electron chi connectivity index (χ2n) is 10.2. The number of methoxy groups -OCH3 is 1. The molecule has 0 amide bonds. The van der Waals surface area contributed by atoms with Crippen LogP contribution >= 0.6 is 0 Å². The Kier molecular flexibility index (Phi) is 5.81. The summed E-state index contributed by atoms with van der Waals surface area (Å²) in [6.07, 6.45) is 9.32. The van der Waals surface area contributed by atoms with Crippen LogP contribution in [0.3, 0.4) is 0 Å². The number of carbonyl (C=O) groups is 1. The highest BCUT2D eigenvalue weighted by molar-refractivity contribution is 6.13. The van der Waals surface area contributed by atoms with E-state index in [1.165, 1.54) is 27.5 Å². The van der Waals surface area contributed by atoms with Crippen LogP contribution in [-0.2, 0) is 12.8 Å². The first-order valence-electron chi connectivity index (χ1n) is 12.8. The molecule has 2 heteroatoms. The van der Waals surface area contributed by atoms with Gasteiger partial charge in [-0.15, -0.1) is 0 Å². The summed E-state index contributed by atoms with van der Waals surface area (Å²) in [6.45, 7) is 0. The molecule has 0 bridgehead atoms. The minimum absolute atomic E-state index is 0.0966. The summed E-state index contributed by atoms with van der Waals surface area (Å²) in [5.41, 5.74) is 6.77. The molecule has 1 fully saturated rings. The van der Waals surface area contributed by atoms with Crippen LogP contribution in [0, 0.1) is 5.41 Å². The number of allylic oxidation sites excluding steroid dienone is 3. The Bertz CT molecular complexity index is 1490. The summed E-state index contributed by atoms with van der Waals surface area (Å²) in [6, 6.07) is 31.3. The number of Topliss-reactive ketones (excluding diaryl/α,β-unsaturated/α-hetero) is 1. The maximum Gasteiger partial charge on any atom is 0.189 e. The fourth-order valence-electron chi connectivity index (χ4n) is 5.99. The van der Waals surface area contributed by atoms with Crippen molar-refractivity contribution >= 4 is 22.6 Å². The molecule has 0 unspecified atom stereocenters. The van der Waals surface area contributed by atoms with E-state index in [0.717, 1.165) is 54.6 Å². The van der Waals surface area contributed by atoms with Gasteiger partial charge in [0.1, 0.15) is 5.75 Å². The van der Waals surface area contributed by atoms with Gasteiger partial charge in [-0.3, -0.25) is 4.79 Å². The van der Waals surface area contributed by atoms with Crippen molar-refractivity contribution in [3.63, 3.8) is 0 Å². The van der Waals surface area contributed by atoms with Crippen LogP contribution in [0.5, 0.6) is 5.75 Å². The monoisotopic (exact) mass is 470 g/mol. The first-order valence-corrected chi connectivity index (χ1v) is 12.8. The molecule has 0 aromatic heterocycles. The van der Waals surface area contributed by atoms with Crippen LogP contribution in [0.2, 0.25) is 0 Å². The van der Waals surface area contributed by atoms with Crippen LogP contribution in [-0.4, -0.2) is 12.9 Å². The second kappa shape index (κ2) is 9.28. The molecule has 0 aliphatic heterocycles. The predicted molar refractivity (Wildman–Crippen MR) is 147 cm³/mol. The third kappa shape index (κ3) is 4.07. The zero-order valence-electron chi connectivity index (χ0n) is 20.7. The standard InChI is InChI=1S/C34H30O2/c1-36-29-17-14-24(15-18-29)21-32-33(35)31-12-5-3-8-28(31)19-20-34(32)22-25(23-34)13-16-27-10-6-9-26-7-2-4-11-30(26)27/h2-15,17-18,21H,16,19-20,22-23H2,1H3/b25-13?,32-21-. The van der Waals surface area contributed by atoms with E-state index in [4.69, 9.17) is 4.74 Å². The van der Waals surface area contributed by atoms with Crippen molar-refractivity contribution in [2.75, 3.05) is 7.11 Å². The van der Waals surface area contributed by atoms with Gasteiger partial charge in [-0.1, -0.05) is 90.5 Å². The lowest BCUT2D eigenvalue weighted by Crippen LogP contribution is -2.36. The summed E-state index contributed by atoms with van der Waals surface area (Å²) < 4.78 is 5.33. The third-order valence-corrected chi connectivity index (χ3v) is 8.00. The molecule has 2 aliphatic carbocycles. The number of fused-ring (bicyclic) bond motifs is 2. The number of rotatable bonds is 4. The van der Waals surface area contributed by atoms with Gasteiger partial charge in [0.25, 0.3) is 0 Å². The lowest BCUT2D eigenvalue weighted by Gasteiger charge is -2.45. The lowest BCUT2D eigenvalue weighted by molar-refractivity contribution is 0.0987. The zero-order chi connectivity index (χ0) is 24.5. The van der Waals surface area contributed by atoms with Crippen molar-refractivity contribution in [2.45, 2.75) is 32.1 Å². The van der Waals surface area contributed by atoms with Crippen molar-refractivity contribution in [1.82, 2.24) is 0 Å². The van der Waals surface area contributed by atoms with E-state index >= 15 is 0 Å². The highest BCUT2D eigenvalue weighted by Crippen LogP contribution is 2.56. The number of aryl methyl sites for hydroxylation is 1. The molecule has 4 aromatic rings. The molecule has 0 N–H and O–H groups in total. The van der Waals surface area contributed by atoms with Gasteiger partial charge in [0.2, 0.25) is 0 Å². The summed E-state index contributed by atoms with van der Waals surface area (Å²) in [5.74, 6) is 1.01.